The molecule has 0 saturated heterocycles. The summed E-state index contributed by atoms with van der Waals surface area (Å²) in [6, 6.07) is 11.3. The molecule has 0 radical (unpaired) electrons. The van der Waals surface area contributed by atoms with E-state index in [1.54, 1.807) is 6.92 Å². The Morgan fingerprint density at radius 3 is 2.84 bits per heavy atom. The molecule has 0 bridgehead atoms. The Hall–Kier alpha value is -3.13. The van der Waals surface area contributed by atoms with E-state index in [1.807, 2.05) is 24.3 Å². The largest absolute Gasteiger partial charge is 0.508 e. The minimum Gasteiger partial charge on any atom is -0.508 e. The first-order chi connectivity index (χ1) is 12.0. The van der Waals surface area contributed by atoms with Crippen LogP contribution in [0.2, 0.25) is 0 Å². The van der Waals surface area contributed by atoms with Gasteiger partial charge in [0.25, 0.3) is 5.91 Å². The van der Waals surface area contributed by atoms with Crippen LogP contribution in [0.5, 0.6) is 11.5 Å². The third-order valence-corrected chi connectivity index (χ3v) is 4.39. The lowest BCUT2D eigenvalue weighted by molar-refractivity contribution is -0.121. The number of rotatable bonds is 5. The molecule has 1 aromatic heterocycles. The maximum absolute atomic E-state index is 12.1. The Morgan fingerprint density at radius 2 is 2.08 bits per heavy atom. The third-order valence-electron chi connectivity index (χ3n) is 3.42. The number of aromatic hydroxyl groups is 2. The molecule has 0 fully saturated rings. The SMILES string of the molecule is C[C@H](Nc1nc2ccccc2s1)C(=O)N/N=C/c1ccc(O)cc1O. The number of carbonyl (C=O) groups excluding carboxylic acids is 1. The first-order valence-electron chi connectivity index (χ1n) is 7.50. The van der Waals surface area contributed by atoms with Crippen molar-refractivity contribution in [1.29, 1.82) is 0 Å². The zero-order valence-corrected chi connectivity index (χ0v) is 14.1. The normalized spacial score (nSPS) is 12.4. The standard InChI is InChI=1S/C17H16N4O3S/c1-10(19-17-20-13-4-2-3-5-15(13)25-17)16(24)21-18-9-11-6-7-12(22)8-14(11)23/h2-10,22-23H,1H3,(H,19,20)(H,21,24)/b18-9+/t10-/m0/s1. The lowest BCUT2D eigenvalue weighted by Gasteiger charge is -2.10. The molecule has 4 N–H and O–H groups in total. The number of phenolic OH excluding ortho intramolecular Hbond substituents is 2. The van der Waals surface area contributed by atoms with Gasteiger partial charge in [0, 0.05) is 11.6 Å². The van der Waals surface area contributed by atoms with Gasteiger partial charge in [-0.2, -0.15) is 5.10 Å². The van der Waals surface area contributed by atoms with Crippen LogP contribution in [0, 0.1) is 0 Å². The van der Waals surface area contributed by atoms with Crippen LogP contribution in [0.1, 0.15) is 12.5 Å². The molecule has 2 aromatic carbocycles. The Bertz CT molecular complexity index is 906. The van der Waals surface area contributed by atoms with Crippen molar-refractivity contribution in [3.8, 4) is 11.5 Å². The van der Waals surface area contributed by atoms with Crippen LogP contribution in [0.15, 0.2) is 47.6 Å². The van der Waals surface area contributed by atoms with Crippen molar-refractivity contribution in [3.63, 3.8) is 0 Å². The maximum Gasteiger partial charge on any atom is 0.262 e. The number of hydrogen-bond donors (Lipinski definition) is 4. The number of anilines is 1. The minimum absolute atomic E-state index is 0.0488. The first-order valence-corrected chi connectivity index (χ1v) is 8.31. The number of para-hydroxylation sites is 1. The molecular formula is C17H16N4O3S. The number of hydrazone groups is 1. The number of benzene rings is 2. The van der Waals surface area contributed by atoms with Gasteiger partial charge in [-0.3, -0.25) is 4.79 Å². The molecule has 3 rings (SSSR count). The summed E-state index contributed by atoms with van der Waals surface area (Å²) < 4.78 is 1.04. The lowest BCUT2D eigenvalue weighted by atomic mass is 10.2. The fourth-order valence-corrected chi connectivity index (χ4v) is 3.04. The summed E-state index contributed by atoms with van der Waals surface area (Å²) in [5, 5.41) is 26.4. The van der Waals surface area contributed by atoms with Gasteiger partial charge in [-0.05, 0) is 31.2 Å². The molecule has 0 aliphatic rings. The Balaban J connectivity index is 1.59. The predicted molar refractivity (Wildman–Crippen MR) is 98.2 cm³/mol. The second-order valence-electron chi connectivity index (χ2n) is 5.33. The van der Waals surface area contributed by atoms with E-state index in [-0.39, 0.29) is 17.4 Å². The molecule has 7 nitrogen and oxygen atoms in total. The van der Waals surface area contributed by atoms with Crippen LogP contribution in [0.4, 0.5) is 5.13 Å². The zero-order valence-electron chi connectivity index (χ0n) is 13.3. The predicted octanol–water partition coefficient (Wildman–Crippen LogP) is 2.66. The third kappa shape index (κ3) is 4.04. The second kappa shape index (κ2) is 7.18. The number of thiazole rings is 1. The molecule has 1 heterocycles. The zero-order chi connectivity index (χ0) is 17.8. The average Bonchev–Trinajstić information content (AvgIpc) is 2.98. The Labute approximate surface area is 147 Å². The van der Waals surface area contributed by atoms with Crippen LogP contribution in [0.25, 0.3) is 10.2 Å². The molecular weight excluding hydrogens is 340 g/mol. The minimum atomic E-state index is -0.536. The van der Waals surface area contributed by atoms with Gasteiger partial charge >= 0.3 is 0 Å². The van der Waals surface area contributed by atoms with Crippen LogP contribution >= 0.6 is 11.3 Å². The van der Waals surface area contributed by atoms with Gasteiger partial charge in [-0.1, -0.05) is 23.5 Å². The highest BCUT2D eigenvalue weighted by Gasteiger charge is 2.14. The highest BCUT2D eigenvalue weighted by Crippen LogP contribution is 2.25. The van der Waals surface area contributed by atoms with E-state index in [1.165, 1.54) is 35.8 Å². The summed E-state index contributed by atoms with van der Waals surface area (Å²) in [6.45, 7) is 1.70. The van der Waals surface area contributed by atoms with Crippen molar-refractivity contribution in [2.24, 2.45) is 5.10 Å². The van der Waals surface area contributed by atoms with E-state index in [0.29, 0.717) is 10.7 Å². The second-order valence-corrected chi connectivity index (χ2v) is 6.36. The van der Waals surface area contributed by atoms with Gasteiger partial charge in [0.2, 0.25) is 0 Å². The summed E-state index contributed by atoms with van der Waals surface area (Å²) in [4.78, 5) is 16.5. The molecule has 1 amide bonds. The fourth-order valence-electron chi connectivity index (χ4n) is 2.09. The average molecular weight is 356 g/mol. The molecule has 0 unspecified atom stereocenters. The van der Waals surface area contributed by atoms with Crippen molar-refractivity contribution in [3.05, 3.63) is 48.0 Å². The number of nitrogens with one attached hydrogen (secondary N) is 2. The molecule has 128 valence electrons. The monoisotopic (exact) mass is 356 g/mol. The highest BCUT2D eigenvalue weighted by atomic mass is 32.1. The number of phenols is 2. The smallest absolute Gasteiger partial charge is 0.262 e. The summed E-state index contributed by atoms with van der Waals surface area (Å²) in [5.41, 5.74) is 3.66. The van der Waals surface area contributed by atoms with Crippen molar-refractivity contribution < 1.29 is 15.0 Å². The van der Waals surface area contributed by atoms with Crippen molar-refractivity contribution in [2.75, 3.05) is 5.32 Å². The molecule has 0 saturated carbocycles. The molecule has 0 spiro atoms. The van der Waals surface area contributed by atoms with Gasteiger partial charge < -0.3 is 15.5 Å². The maximum atomic E-state index is 12.1. The van der Waals surface area contributed by atoms with E-state index in [0.717, 1.165) is 10.2 Å². The summed E-state index contributed by atoms with van der Waals surface area (Å²) >= 11 is 1.47. The van der Waals surface area contributed by atoms with E-state index in [4.69, 9.17) is 0 Å². The van der Waals surface area contributed by atoms with Gasteiger partial charge in [-0.15, -0.1) is 0 Å². The van der Waals surface area contributed by atoms with E-state index >= 15 is 0 Å². The van der Waals surface area contributed by atoms with E-state index in [2.05, 4.69) is 20.8 Å². The van der Waals surface area contributed by atoms with Crippen LogP contribution in [-0.4, -0.2) is 33.4 Å². The molecule has 0 aliphatic carbocycles. The number of fused-ring (bicyclic) bond motifs is 1. The van der Waals surface area contributed by atoms with Crippen LogP contribution < -0.4 is 10.7 Å². The number of amides is 1. The molecule has 25 heavy (non-hydrogen) atoms. The van der Waals surface area contributed by atoms with Gasteiger partial charge in [0.15, 0.2) is 5.13 Å². The number of carbonyl (C=O) groups is 1. The fraction of sp³-hybridized carbons (Fsp3) is 0.118. The molecule has 0 aliphatic heterocycles. The van der Waals surface area contributed by atoms with Crippen LogP contribution in [-0.2, 0) is 4.79 Å². The van der Waals surface area contributed by atoms with Gasteiger partial charge in [0.1, 0.15) is 17.5 Å². The van der Waals surface area contributed by atoms with Crippen LogP contribution in [0.3, 0.4) is 0 Å². The van der Waals surface area contributed by atoms with Crippen molar-refractivity contribution >= 4 is 38.8 Å². The summed E-state index contributed by atoms with van der Waals surface area (Å²) in [7, 11) is 0. The Morgan fingerprint density at radius 1 is 1.28 bits per heavy atom. The molecule has 1 atom stereocenters. The van der Waals surface area contributed by atoms with Gasteiger partial charge in [0.05, 0.1) is 16.4 Å². The Kier molecular flexibility index (Phi) is 4.80. The lowest BCUT2D eigenvalue weighted by Crippen LogP contribution is -2.34. The number of hydrogen-bond acceptors (Lipinski definition) is 7. The van der Waals surface area contributed by atoms with Crippen molar-refractivity contribution in [1.82, 2.24) is 10.4 Å². The highest BCUT2D eigenvalue weighted by molar-refractivity contribution is 7.22. The van der Waals surface area contributed by atoms with Crippen molar-refractivity contribution in [2.45, 2.75) is 13.0 Å². The number of aromatic nitrogens is 1. The molecule has 3 aromatic rings. The van der Waals surface area contributed by atoms with E-state index < -0.39 is 6.04 Å². The molecule has 8 heteroatoms. The summed E-state index contributed by atoms with van der Waals surface area (Å²) in [5.74, 6) is -0.514. The van der Waals surface area contributed by atoms with E-state index in [9.17, 15) is 15.0 Å². The summed E-state index contributed by atoms with van der Waals surface area (Å²) in [6.07, 6.45) is 1.30. The number of nitrogens with zero attached hydrogens (tertiary/aromatic N) is 2. The quantitative estimate of drug-likeness (QED) is 0.415. The first kappa shape index (κ1) is 16.7. The van der Waals surface area contributed by atoms with Gasteiger partial charge in [-0.25, -0.2) is 10.4 Å². The topological polar surface area (TPSA) is 107 Å².